The van der Waals surface area contributed by atoms with E-state index in [0.29, 0.717) is 12.0 Å². The van der Waals surface area contributed by atoms with E-state index in [2.05, 4.69) is 11.0 Å². The minimum atomic E-state index is 0.357. The standard InChI is InChI=1S/C13H20N2/c14-9-12-10-3-5-11(6-4-10)13(12)15-7-1-2-8-15/h10-13H,1-8H2/t10?,11?,12-,13-/m0/s1. The summed E-state index contributed by atoms with van der Waals surface area (Å²) in [6.45, 7) is 2.51. The van der Waals surface area contributed by atoms with Gasteiger partial charge in [0.25, 0.3) is 0 Å². The van der Waals surface area contributed by atoms with E-state index >= 15 is 0 Å². The van der Waals surface area contributed by atoms with Crippen LogP contribution in [0.15, 0.2) is 0 Å². The lowest BCUT2D eigenvalue weighted by Crippen LogP contribution is -2.52. The van der Waals surface area contributed by atoms with Gasteiger partial charge in [0.05, 0.1) is 12.0 Å². The van der Waals surface area contributed by atoms with Gasteiger partial charge in [-0.3, -0.25) is 4.90 Å². The number of rotatable bonds is 1. The summed E-state index contributed by atoms with van der Waals surface area (Å²) < 4.78 is 0. The SMILES string of the molecule is N#C[C@H]1C2CCC(CC2)[C@@H]1N1CCCC1. The van der Waals surface area contributed by atoms with Crippen molar-refractivity contribution in [1.82, 2.24) is 4.90 Å². The highest BCUT2D eigenvalue weighted by molar-refractivity contribution is 5.06. The normalized spacial score (nSPS) is 45.5. The molecule has 1 saturated heterocycles. The highest BCUT2D eigenvalue weighted by Gasteiger charge is 2.46. The van der Waals surface area contributed by atoms with Crippen LogP contribution in [0.5, 0.6) is 0 Å². The molecule has 2 heteroatoms. The molecule has 0 radical (unpaired) electrons. The Morgan fingerprint density at radius 3 is 2.13 bits per heavy atom. The maximum absolute atomic E-state index is 9.37. The summed E-state index contributed by atoms with van der Waals surface area (Å²) in [5.74, 6) is 1.93. The summed E-state index contributed by atoms with van der Waals surface area (Å²) in [6, 6.07) is 3.25. The van der Waals surface area contributed by atoms with Gasteiger partial charge in [0.1, 0.15) is 0 Å². The molecule has 4 fully saturated rings. The molecule has 3 aliphatic carbocycles. The molecule has 2 bridgehead atoms. The van der Waals surface area contributed by atoms with Gasteiger partial charge in [0.2, 0.25) is 0 Å². The molecular weight excluding hydrogens is 184 g/mol. The third kappa shape index (κ3) is 1.49. The van der Waals surface area contributed by atoms with Gasteiger partial charge < -0.3 is 0 Å². The van der Waals surface area contributed by atoms with Crippen molar-refractivity contribution >= 4 is 0 Å². The van der Waals surface area contributed by atoms with Crippen LogP contribution < -0.4 is 0 Å². The number of fused-ring (bicyclic) bond motifs is 3. The molecule has 4 rings (SSSR count). The van der Waals surface area contributed by atoms with Crippen LogP contribution in [0.2, 0.25) is 0 Å². The lowest BCUT2D eigenvalue weighted by molar-refractivity contribution is 0.0122. The highest BCUT2D eigenvalue weighted by Crippen LogP contribution is 2.47. The van der Waals surface area contributed by atoms with Crippen LogP contribution in [0.4, 0.5) is 0 Å². The zero-order valence-corrected chi connectivity index (χ0v) is 9.36. The van der Waals surface area contributed by atoms with Crippen molar-refractivity contribution in [2.45, 2.75) is 44.6 Å². The fraction of sp³-hybridized carbons (Fsp3) is 0.923. The highest BCUT2D eigenvalue weighted by atomic mass is 15.2. The van der Waals surface area contributed by atoms with Crippen LogP contribution in [0.3, 0.4) is 0 Å². The van der Waals surface area contributed by atoms with Crippen molar-refractivity contribution in [3.63, 3.8) is 0 Å². The van der Waals surface area contributed by atoms with Crippen molar-refractivity contribution in [2.75, 3.05) is 13.1 Å². The zero-order chi connectivity index (χ0) is 10.3. The van der Waals surface area contributed by atoms with Crippen molar-refractivity contribution < 1.29 is 0 Å². The fourth-order valence-corrected chi connectivity index (χ4v) is 4.16. The Labute approximate surface area is 92.3 Å². The first-order chi connectivity index (χ1) is 7.40. The maximum atomic E-state index is 9.37. The van der Waals surface area contributed by atoms with E-state index in [0.717, 1.165) is 11.8 Å². The molecule has 2 nitrogen and oxygen atoms in total. The monoisotopic (exact) mass is 204 g/mol. The Morgan fingerprint density at radius 2 is 1.53 bits per heavy atom. The second-order valence-electron chi connectivity index (χ2n) is 5.56. The Morgan fingerprint density at radius 1 is 0.933 bits per heavy atom. The van der Waals surface area contributed by atoms with E-state index in [1.165, 1.54) is 51.6 Å². The molecule has 0 aromatic rings. The number of nitriles is 1. The van der Waals surface area contributed by atoms with Gasteiger partial charge >= 0.3 is 0 Å². The third-order valence-corrected chi connectivity index (χ3v) is 4.89. The Kier molecular flexibility index (Phi) is 2.44. The number of nitrogens with zero attached hydrogens (tertiary/aromatic N) is 2. The molecule has 1 aliphatic heterocycles. The molecule has 0 unspecified atom stereocenters. The predicted molar refractivity (Wildman–Crippen MR) is 59.1 cm³/mol. The summed E-state index contributed by atoms with van der Waals surface area (Å²) >= 11 is 0. The molecule has 0 aromatic heterocycles. The molecule has 15 heavy (non-hydrogen) atoms. The van der Waals surface area contributed by atoms with Gasteiger partial charge in [0, 0.05) is 6.04 Å². The Bertz CT molecular complexity index is 265. The fourth-order valence-electron chi connectivity index (χ4n) is 4.16. The van der Waals surface area contributed by atoms with Crippen LogP contribution in [0.25, 0.3) is 0 Å². The van der Waals surface area contributed by atoms with E-state index in [9.17, 15) is 5.26 Å². The van der Waals surface area contributed by atoms with E-state index in [-0.39, 0.29) is 0 Å². The van der Waals surface area contributed by atoms with Crippen molar-refractivity contribution in [2.24, 2.45) is 17.8 Å². The van der Waals surface area contributed by atoms with E-state index in [1.54, 1.807) is 0 Å². The largest absolute Gasteiger partial charge is 0.299 e. The Balaban J connectivity index is 1.82. The van der Waals surface area contributed by atoms with Crippen LogP contribution in [0.1, 0.15) is 38.5 Å². The van der Waals surface area contributed by atoms with Crippen molar-refractivity contribution in [3.05, 3.63) is 0 Å². The average Bonchev–Trinajstić information content (AvgIpc) is 2.82. The smallest absolute Gasteiger partial charge is 0.0675 e. The lowest BCUT2D eigenvalue weighted by Gasteiger charge is -2.49. The summed E-state index contributed by atoms with van der Waals surface area (Å²) in [5.41, 5.74) is 0. The molecule has 1 heterocycles. The first-order valence-corrected chi connectivity index (χ1v) is 6.54. The number of hydrogen-bond acceptors (Lipinski definition) is 2. The zero-order valence-electron chi connectivity index (χ0n) is 9.36. The second kappa shape index (κ2) is 3.79. The van der Waals surface area contributed by atoms with E-state index in [1.807, 2.05) is 0 Å². The van der Waals surface area contributed by atoms with Gasteiger partial charge in [0.15, 0.2) is 0 Å². The minimum Gasteiger partial charge on any atom is -0.299 e. The maximum Gasteiger partial charge on any atom is 0.0675 e. The predicted octanol–water partition coefficient (Wildman–Crippen LogP) is 2.41. The Hall–Kier alpha value is -0.550. The van der Waals surface area contributed by atoms with Crippen LogP contribution in [-0.2, 0) is 0 Å². The van der Waals surface area contributed by atoms with Crippen LogP contribution >= 0.6 is 0 Å². The van der Waals surface area contributed by atoms with Gasteiger partial charge in [-0.25, -0.2) is 0 Å². The minimum absolute atomic E-state index is 0.357. The quantitative estimate of drug-likeness (QED) is 0.656. The molecule has 4 aliphatic rings. The summed E-state index contributed by atoms with van der Waals surface area (Å²) in [7, 11) is 0. The summed E-state index contributed by atoms with van der Waals surface area (Å²) in [4.78, 5) is 2.63. The lowest BCUT2D eigenvalue weighted by atomic mass is 9.61. The van der Waals surface area contributed by atoms with Crippen molar-refractivity contribution in [1.29, 1.82) is 5.26 Å². The molecule has 2 atom stereocenters. The molecule has 0 spiro atoms. The first-order valence-electron chi connectivity index (χ1n) is 6.54. The van der Waals surface area contributed by atoms with Gasteiger partial charge in [-0.2, -0.15) is 5.26 Å². The van der Waals surface area contributed by atoms with Gasteiger partial charge in [-0.1, -0.05) is 0 Å². The molecule has 0 amide bonds. The molecular formula is C13H20N2. The topological polar surface area (TPSA) is 27.0 Å². The third-order valence-electron chi connectivity index (χ3n) is 4.89. The second-order valence-corrected chi connectivity index (χ2v) is 5.56. The summed E-state index contributed by atoms with van der Waals surface area (Å²) in [5, 5.41) is 9.37. The summed E-state index contributed by atoms with van der Waals surface area (Å²) in [6.07, 6.45) is 8.15. The van der Waals surface area contributed by atoms with Gasteiger partial charge in [-0.15, -0.1) is 0 Å². The van der Waals surface area contributed by atoms with Crippen molar-refractivity contribution in [3.8, 4) is 6.07 Å². The first kappa shape index (κ1) is 9.66. The number of hydrogen-bond donors (Lipinski definition) is 0. The van der Waals surface area contributed by atoms with E-state index in [4.69, 9.17) is 0 Å². The average molecular weight is 204 g/mol. The molecule has 82 valence electrons. The van der Waals surface area contributed by atoms with Crippen LogP contribution in [0, 0.1) is 29.1 Å². The van der Waals surface area contributed by atoms with Crippen LogP contribution in [-0.4, -0.2) is 24.0 Å². The van der Waals surface area contributed by atoms with Gasteiger partial charge in [-0.05, 0) is 63.5 Å². The number of likely N-dealkylation sites (tertiary alicyclic amines) is 1. The molecule has 0 aromatic carbocycles. The molecule has 3 saturated carbocycles. The molecule has 0 N–H and O–H groups in total. The van der Waals surface area contributed by atoms with E-state index < -0.39 is 0 Å².